The normalized spacial score (nSPS) is 18.5. The number of halogens is 1. The minimum atomic E-state index is 0.148. The van der Waals surface area contributed by atoms with Gasteiger partial charge in [0.25, 0.3) is 0 Å². The van der Waals surface area contributed by atoms with E-state index in [1.165, 1.54) is 18.4 Å². The van der Waals surface area contributed by atoms with E-state index < -0.39 is 0 Å². The first-order chi connectivity index (χ1) is 8.24. The second kappa shape index (κ2) is 5.98. The van der Waals surface area contributed by atoms with E-state index in [2.05, 4.69) is 45.5 Å². The maximum Gasteiger partial charge on any atom is 0.0499 e. The average Bonchev–Trinajstić information content (AvgIpc) is 2.81. The van der Waals surface area contributed by atoms with Gasteiger partial charge in [-0.2, -0.15) is 0 Å². The zero-order valence-corrected chi connectivity index (χ0v) is 11.7. The molecule has 1 aromatic carbocycles. The lowest BCUT2D eigenvalue weighted by atomic mass is 9.87. The largest absolute Gasteiger partial charge is 0.396 e. The Morgan fingerprint density at radius 2 is 1.82 bits per heavy atom. The molecule has 0 unspecified atom stereocenters. The van der Waals surface area contributed by atoms with Crippen molar-refractivity contribution in [1.29, 1.82) is 0 Å². The molecule has 17 heavy (non-hydrogen) atoms. The predicted molar refractivity (Wildman–Crippen MR) is 73.8 cm³/mol. The molecule has 0 atom stereocenters. The standard InChI is InChI=1S/C14H20BrNO/c15-13-5-3-12(4-6-13)9-16-10-14(11-17)7-1-2-8-14/h3-6,16-17H,1-2,7-11H2. The highest BCUT2D eigenvalue weighted by molar-refractivity contribution is 9.10. The maximum absolute atomic E-state index is 9.50. The zero-order chi connectivity index (χ0) is 12.1. The Labute approximate surface area is 112 Å². The highest BCUT2D eigenvalue weighted by Gasteiger charge is 2.32. The minimum Gasteiger partial charge on any atom is -0.396 e. The molecule has 2 N–H and O–H groups in total. The molecule has 0 radical (unpaired) electrons. The molecule has 0 spiro atoms. The lowest BCUT2D eigenvalue weighted by Gasteiger charge is -2.26. The summed E-state index contributed by atoms with van der Waals surface area (Å²) in [4.78, 5) is 0. The number of hydrogen-bond acceptors (Lipinski definition) is 2. The van der Waals surface area contributed by atoms with Crippen molar-refractivity contribution in [2.75, 3.05) is 13.2 Å². The Kier molecular flexibility index (Phi) is 4.60. The fourth-order valence-electron chi connectivity index (χ4n) is 2.59. The highest BCUT2D eigenvalue weighted by Crippen LogP contribution is 2.36. The van der Waals surface area contributed by atoms with Crippen molar-refractivity contribution in [2.45, 2.75) is 32.2 Å². The summed E-state index contributed by atoms with van der Waals surface area (Å²) >= 11 is 3.43. The first-order valence-corrected chi connectivity index (χ1v) is 7.09. The lowest BCUT2D eigenvalue weighted by molar-refractivity contribution is 0.128. The van der Waals surface area contributed by atoms with Gasteiger partial charge in [-0.3, -0.25) is 0 Å². The Balaban J connectivity index is 1.80. The molecule has 2 nitrogen and oxygen atoms in total. The molecule has 1 aliphatic carbocycles. The molecule has 1 aliphatic rings. The highest BCUT2D eigenvalue weighted by atomic mass is 79.9. The Hall–Kier alpha value is -0.380. The molecule has 0 bridgehead atoms. The van der Waals surface area contributed by atoms with E-state index in [0.29, 0.717) is 6.61 Å². The number of hydrogen-bond donors (Lipinski definition) is 2. The average molecular weight is 298 g/mol. The van der Waals surface area contributed by atoms with Crippen molar-refractivity contribution < 1.29 is 5.11 Å². The Bertz CT molecular complexity index is 344. The van der Waals surface area contributed by atoms with Crippen LogP contribution in [0.4, 0.5) is 0 Å². The van der Waals surface area contributed by atoms with Gasteiger partial charge in [-0.25, -0.2) is 0 Å². The summed E-state index contributed by atoms with van der Waals surface area (Å²) in [5.41, 5.74) is 1.44. The Morgan fingerprint density at radius 1 is 1.18 bits per heavy atom. The molecular formula is C14H20BrNO. The first-order valence-electron chi connectivity index (χ1n) is 6.30. The molecule has 1 saturated carbocycles. The van der Waals surface area contributed by atoms with Crippen LogP contribution in [0.15, 0.2) is 28.7 Å². The maximum atomic E-state index is 9.50. The van der Waals surface area contributed by atoms with Crippen molar-refractivity contribution in [3.05, 3.63) is 34.3 Å². The van der Waals surface area contributed by atoms with E-state index in [1.54, 1.807) is 0 Å². The third kappa shape index (κ3) is 3.54. The van der Waals surface area contributed by atoms with Crippen LogP contribution < -0.4 is 5.32 Å². The van der Waals surface area contributed by atoms with Crippen molar-refractivity contribution in [3.63, 3.8) is 0 Å². The van der Waals surface area contributed by atoms with Gasteiger partial charge in [0, 0.05) is 29.6 Å². The second-order valence-electron chi connectivity index (χ2n) is 5.10. The van der Waals surface area contributed by atoms with Crippen LogP contribution in [0.5, 0.6) is 0 Å². The van der Waals surface area contributed by atoms with Gasteiger partial charge in [0.2, 0.25) is 0 Å². The second-order valence-corrected chi connectivity index (χ2v) is 6.01. The molecular weight excluding hydrogens is 278 g/mol. The summed E-state index contributed by atoms with van der Waals surface area (Å²) in [6, 6.07) is 8.37. The lowest BCUT2D eigenvalue weighted by Crippen LogP contribution is -2.34. The van der Waals surface area contributed by atoms with Gasteiger partial charge in [-0.1, -0.05) is 40.9 Å². The van der Waals surface area contributed by atoms with Crippen LogP contribution in [0.3, 0.4) is 0 Å². The summed E-state index contributed by atoms with van der Waals surface area (Å²) in [5.74, 6) is 0. The van der Waals surface area contributed by atoms with Crippen molar-refractivity contribution in [2.24, 2.45) is 5.41 Å². The molecule has 0 saturated heterocycles. The van der Waals surface area contributed by atoms with Crippen LogP contribution in [-0.4, -0.2) is 18.3 Å². The molecule has 1 aromatic rings. The predicted octanol–water partition coefficient (Wildman–Crippen LogP) is 3.09. The minimum absolute atomic E-state index is 0.148. The topological polar surface area (TPSA) is 32.3 Å². The van der Waals surface area contributed by atoms with Crippen molar-refractivity contribution >= 4 is 15.9 Å². The fraction of sp³-hybridized carbons (Fsp3) is 0.571. The molecule has 0 amide bonds. The fourth-order valence-corrected chi connectivity index (χ4v) is 2.85. The van der Waals surface area contributed by atoms with E-state index in [1.807, 2.05) is 0 Å². The van der Waals surface area contributed by atoms with Gasteiger partial charge in [-0.15, -0.1) is 0 Å². The van der Waals surface area contributed by atoms with Crippen molar-refractivity contribution in [1.82, 2.24) is 5.32 Å². The van der Waals surface area contributed by atoms with Crippen LogP contribution in [0, 0.1) is 5.41 Å². The number of benzene rings is 1. The smallest absolute Gasteiger partial charge is 0.0499 e. The quantitative estimate of drug-likeness (QED) is 0.875. The monoisotopic (exact) mass is 297 g/mol. The SMILES string of the molecule is OCC1(CNCc2ccc(Br)cc2)CCCC1. The molecule has 0 aliphatic heterocycles. The third-order valence-corrected chi connectivity index (χ3v) is 4.27. The molecule has 2 rings (SSSR count). The van der Waals surface area contributed by atoms with Gasteiger partial charge < -0.3 is 10.4 Å². The van der Waals surface area contributed by atoms with Gasteiger partial charge in [0.05, 0.1) is 0 Å². The van der Waals surface area contributed by atoms with E-state index in [-0.39, 0.29) is 5.41 Å². The van der Waals surface area contributed by atoms with Gasteiger partial charge in [-0.05, 0) is 30.5 Å². The van der Waals surface area contributed by atoms with Gasteiger partial charge in [0.15, 0.2) is 0 Å². The number of rotatable bonds is 5. The molecule has 0 aromatic heterocycles. The summed E-state index contributed by atoms with van der Waals surface area (Å²) in [7, 11) is 0. The molecule has 94 valence electrons. The van der Waals surface area contributed by atoms with Crippen LogP contribution in [-0.2, 0) is 6.54 Å². The van der Waals surface area contributed by atoms with E-state index in [4.69, 9.17) is 0 Å². The van der Waals surface area contributed by atoms with Crippen LogP contribution in [0.1, 0.15) is 31.2 Å². The summed E-state index contributed by atoms with van der Waals surface area (Å²) in [5, 5.41) is 13.0. The first kappa shape index (κ1) is 13.1. The number of aliphatic hydroxyl groups excluding tert-OH is 1. The van der Waals surface area contributed by atoms with E-state index in [9.17, 15) is 5.11 Å². The molecule has 0 heterocycles. The van der Waals surface area contributed by atoms with Crippen LogP contribution >= 0.6 is 15.9 Å². The van der Waals surface area contributed by atoms with E-state index in [0.717, 1.165) is 30.4 Å². The van der Waals surface area contributed by atoms with Crippen LogP contribution in [0.2, 0.25) is 0 Å². The van der Waals surface area contributed by atoms with Gasteiger partial charge >= 0.3 is 0 Å². The number of nitrogens with one attached hydrogen (secondary N) is 1. The third-order valence-electron chi connectivity index (χ3n) is 3.74. The summed E-state index contributed by atoms with van der Waals surface area (Å²) in [6.45, 7) is 2.13. The zero-order valence-electron chi connectivity index (χ0n) is 10.1. The van der Waals surface area contributed by atoms with Crippen molar-refractivity contribution in [3.8, 4) is 0 Å². The molecule has 1 fully saturated rings. The summed E-state index contributed by atoms with van der Waals surface area (Å²) < 4.78 is 1.11. The van der Waals surface area contributed by atoms with Gasteiger partial charge in [0.1, 0.15) is 0 Å². The summed E-state index contributed by atoms with van der Waals surface area (Å²) in [6.07, 6.45) is 4.86. The number of aliphatic hydroxyl groups is 1. The van der Waals surface area contributed by atoms with E-state index >= 15 is 0 Å². The van der Waals surface area contributed by atoms with Crippen LogP contribution in [0.25, 0.3) is 0 Å². The molecule has 3 heteroatoms. The Morgan fingerprint density at radius 3 is 2.41 bits per heavy atom.